The summed E-state index contributed by atoms with van der Waals surface area (Å²) in [5.41, 5.74) is 2.83. The Kier molecular flexibility index (Phi) is 4.49. The number of benzene rings is 1. The summed E-state index contributed by atoms with van der Waals surface area (Å²) in [7, 11) is 1.77. The van der Waals surface area contributed by atoms with Crippen molar-refractivity contribution in [3.05, 3.63) is 57.9 Å². The first-order chi connectivity index (χ1) is 13.0. The van der Waals surface area contributed by atoms with Crippen molar-refractivity contribution in [2.45, 2.75) is 13.5 Å². The number of nitro groups is 1. The van der Waals surface area contributed by atoms with Gasteiger partial charge in [0.15, 0.2) is 0 Å². The minimum atomic E-state index is -0.328. The van der Waals surface area contributed by atoms with Gasteiger partial charge in [0.05, 0.1) is 10.4 Å². The number of rotatable bonds is 4. The van der Waals surface area contributed by atoms with Gasteiger partial charge in [0.1, 0.15) is 5.69 Å². The van der Waals surface area contributed by atoms with Crippen LogP contribution in [0, 0.1) is 17.0 Å². The maximum absolute atomic E-state index is 11.4. The van der Waals surface area contributed by atoms with E-state index in [0.717, 1.165) is 43.6 Å². The van der Waals surface area contributed by atoms with Crippen LogP contribution in [0.1, 0.15) is 11.3 Å². The largest absolute Gasteiger partial charge is 0.349 e. The van der Waals surface area contributed by atoms with Gasteiger partial charge in [-0.3, -0.25) is 20.0 Å². The Labute approximate surface area is 157 Å². The normalized spacial score (nSPS) is 15.4. The number of fused-ring (bicyclic) bond motifs is 1. The molecule has 3 heterocycles. The van der Waals surface area contributed by atoms with Crippen LogP contribution < -0.4 is 4.90 Å². The number of hydrogen-bond acceptors (Lipinski definition) is 6. The van der Waals surface area contributed by atoms with Gasteiger partial charge >= 0.3 is 5.69 Å². The first-order valence-electron chi connectivity index (χ1n) is 9.02. The lowest BCUT2D eigenvalue weighted by molar-refractivity contribution is -0.384. The molecule has 27 heavy (non-hydrogen) atoms. The van der Waals surface area contributed by atoms with Crippen LogP contribution >= 0.6 is 0 Å². The van der Waals surface area contributed by atoms with Gasteiger partial charge in [0.2, 0.25) is 5.82 Å². The Morgan fingerprint density at radius 2 is 1.89 bits per heavy atom. The van der Waals surface area contributed by atoms with Crippen molar-refractivity contribution in [2.24, 2.45) is 7.05 Å². The van der Waals surface area contributed by atoms with Gasteiger partial charge in [-0.15, -0.1) is 0 Å². The predicted molar refractivity (Wildman–Crippen MR) is 104 cm³/mol. The minimum absolute atomic E-state index is 0.115. The summed E-state index contributed by atoms with van der Waals surface area (Å²) in [6.45, 7) is 5.66. The highest BCUT2D eigenvalue weighted by Gasteiger charge is 2.30. The first kappa shape index (κ1) is 17.4. The van der Waals surface area contributed by atoms with Crippen molar-refractivity contribution < 1.29 is 4.92 Å². The molecule has 8 heteroatoms. The summed E-state index contributed by atoms with van der Waals surface area (Å²) >= 11 is 0. The molecule has 2 aromatic heterocycles. The van der Waals surface area contributed by atoms with Crippen molar-refractivity contribution >= 4 is 22.4 Å². The molecule has 140 valence electrons. The summed E-state index contributed by atoms with van der Waals surface area (Å²) in [5.74, 6) is 0.601. The third-order valence-corrected chi connectivity index (χ3v) is 5.13. The summed E-state index contributed by atoms with van der Waals surface area (Å²) < 4.78 is 1.62. The molecule has 0 bridgehead atoms. The van der Waals surface area contributed by atoms with E-state index in [0.29, 0.717) is 11.5 Å². The molecule has 1 fully saturated rings. The van der Waals surface area contributed by atoms with Gasteiger partial charge in [0, 0.05) is 51.4 Å². The Balaban J connectivity index is 1.49. The molecular formula is C19H22N6O2. The molecule has 1 aliphatic rings. The molecule has 0 saturated carbocycles. The fourth-order valence-electron chi connectivity index (χ4n) is 3.86. The number of anilines is 1. The van der Waals surface area contributed by atoms with Crippen LogP contribution in [0.5, 0.6) is 0 Å². The van der Waals surface area contributed by atoms with Gasteiger partial charge in [-0.1, -0.05) is 24.3 Å². The maximum Gasteiger partial charge on any atom is 0.333 e. The van der Waals surface area contributed by atoms with Crippen molar-refractivity contribution in [1.82, 2.24) is 19.7 Å². The number of hydrogen-bond donors (Lipinski definition) is 0. The lowest BCUT2D eigenvalue weighted by Gasteiger charge is -2.35. The summed E-state index contributed by atoms with van der Waals surface area (Å²) in [5, 5.41) is 16.8. The highest BCUT2D eigenvalue weighted by Crippen LogP contribution is 2.31. The van der Waals surface area contributed by atoms with E-state index in [2.05, 4.69) is 44.1 Å². The number of pyridine rings is 1. The molecule has 0 radical (unpaired) electrons. The molecule has 1 aromatic carbocycles. The Hall–Kier alpha value is -3.00. The van der Waals surface area contributed by atoms with E-state index < -0.39 is 0 Å². The van der Waals surface area contributed by atoms with Crippen LogP contribution in [0.2, 0.25) is 0 Å². The van der Waals surface area contributed by atoms with Crippen LogP contribution in [0.15, 0.2) is 36.5 Å². The molecular weight excluding hydrogens is 344 g/mol. The molecule has 0 unspecified atom stereocenters. The highest BCUT2D eigenvalue weighted by molar-refractivity contribution is 5.81. The number of aromatic nitrogens is 3. The molecule has 1 saturated heterocycles. The average Bonchev–Trinajstić information content (AvgIpc) is 2.97. The zero-order chi connectivity index (χ0) is 19.0. The van der Waals surface area contributed by atoms with Crippen molar-refractivity contribution in [2.75, 3.05) is 31.1 Å². The van der Waals surface area contributed by atoms with Crippen LogP contribution in [-0.4, -0.2) is 50.8 Å². The Morgan fingerprint density at radius 1 is 1.15 bits per heavy atom. The van der Waals surface area contributed by atoms with Gasteiger partial charge in [-0.2, -0.15) is 5.10 Å². The number of nitrogens with zero attached hydrogens (tertiary/aromatic N) is 6. The fourth-order valence-corrected chi connectivity index (χ4v) is 3.86. The molecule has 8 nitrogen and oxygen atoms in total. The number of piperazine rings is 1. The topological polar surface area (TPSA) is 80.3 Å². The van der Waals surface area contributed by atoms with E-state index >= 15 is 0 Å². The van der Waals surface area contributed by atoms with E-state index in [1.54, 1.807) is 18.7 Å². The molecule has 0 spiro atoms. The monoisotopic (exact) mass is 366 g/mol. The zero-order valence-corrected chi connectivity index (χ0v) is 15.5. The fraction of sp³-hybridized carbons (Fsp3) is 0.368. The standard InChI is InChI=1S/C19H22N6O2/c1-14-18(25(26)27)19(22(2)21-14)24-11-9-23(10-12-24)13-16-6-3-5-15-7-4-8-20-17(15)16/h3-8H,9-13H2,1-2H3. The first-order valence-corrected chi connectivity index (χ1v) is 9.02. The van der Waals surface area contributed by atoms with Gasteiger partial charge in [0.25, 0.3) is 0 Å². The molecule has 4 rings (SSSR count). The third-order valence-electron chi connectivity index (χ3n) is 5.13. The third kappa shape index (κ3) is 3.23. The Bertz CT molecular complexity index is 986. The molecule has 3 aromatic rings. The highest BCUT2D eigenvalue weighted by atomic mass is 16.6. The van der Waals surface area contributed by atoms with Crippen LogP contribution in [0.25, 0.3) is 10.9 Å². The van der Waals surface area contributed by atoms with Crippen molar-refractivity contribution in [3.8, 4) is 0 Å². The second kappa shape index (κ2) is 6.96. The predicted octanol–water partition coefficient (Wildman–Crippen LogP) is 2.51. The van der Waals surface area contributed by atoms with Gasteiger partial charge in [-0.25, -0.2) is 4.68 Å². The molecule has 0 amide bonds. The van der Waals surface area contributed by atoms with Crippen LogP contribution in [-0.2, 0) is 13.6 Å². The quantitative estimate of drug-likeness (QED) is 0.521. The second-order valence-corrected chi connectivity index (χ2v) is 6.89. The Morgan fingerprint density at radius 3 is 2.63 bits per heavy atom. The summed E-state index contributed by atoms with van der Waals surface area (Å²) in [6.07, 6.45) is 1.83. The molecule has 0 aliphatic carbocycles. The lowest BCUT2D eigenvalue weighted by atomic mass is 10.1. The SMILES string of the molecule is Cc1nn(C)c(N2CCN(Cc3cccc4cccnc34)CC2)c1[N+](=O)[O-]. The van der Waals surface area contributed by atoms with Gasteiger partial charge in [-0.05, 0) is 18.6 Å². The van der Waals surface area contributed by atoms with Crippen LogP contribution in [0.4, 0.5) is 11.5 Å². The molecule has 0 N–H and O–H groups in total. The van der Waals surface area contributed by atoms with E-state index in [9.17, 15) is 10.1 Å². The van der Waals surface area contributed by atoms with Crippen LogP contribution in [0.3, 0.4) is 0 Å². The minimum Gasteiger partial charge on any atom is -0.349 e. The van der Waals surface area contributed by atoms with Crippen molar-refractivity contribution in [3.63, 3.8) is 0 Å². The maximum atomic E-state index is 11.4. The second-order valence-electron chi connectivity index (χ2n) is 6.89. The van der Waals surface area contributed by atoms with E-state index in [1.165, 1.54) is 5.56 Å². The van der Waals surface area contributed by atoms with Gasteiger partial charge < -0.3 is 4.90 Å². The summed E-state index contributed by atoms with van der Waals surface area (Å²) in [6, 6.07) is 10.3. The van der Waals surface area contributed by atoms with Crippen molar-refractivity contribution in [1.29, 1.82) is 0 Å². The number of para-hydroxylation sites is 1. The lowest BCUT2D eigenvalue weighted by Crippen LogP contribution is -2.46. The van der Waals surface area contributed by atoms with E-state index in [-0.39, 0.29) is 10.6 Å². The summed E-state index contributed by atoms with van der Waals surface area (Å²) in [4.78, 5) is 20.1. The molecule has 1 aliphatic heterocycles. The molecule has 0 atom stereocenters. The van der Waals surface area contributed by atoms with E-state index in [1.807, 2.05) is 12.3 Å². The van der Waals surface area contributed by atoms with E-state index in [4.69, 9.17) is 0 Å². The average molecular weight is 366 g/mol. The number of aryl methyl sites for hydroxylation is 2. The smallest absolute Gasteiger partial charge is 0.333 e. The zero-order valence-electron chi connectivity index (χ0n) is 15.5.